The van der Waals surface area contributed by atoms with Crippen LogP contribution in [-0.4, -0.2) is 16.8 Å². The van der Waals surface area contributed by atoms with Crippen LogP contribution in [0.2, 0.25) is 0 Å². The Bertz CT molecular complexity index is 1450. The number of nitrogens with zero attached hydrogens (tertiary/aromatic N) is 1. The molecule has 180 valence electrons. The second-order valence-electron chi connectivity index (χ2n) is 8.73. The SMILES string of the molecule is Cc1cc(/C(O)=C2/C(=O)C(=O)N(c3ccccc3C)C2c2ccco2)ccc1OCc1ccccc1. The predicted molar refractivity (Wildman–Crippen MR) is 137 cm³/mol. The van der Waals surface area contributed by atoms with Crippen molar-refractivity contribution in [3.05, 3.63) is 125 Å². The molecule has 3 aromatic carbocycles. The first-order valence-corrected chi connectivity index (χ1v) is 11.6. The summed E-state index contributed by atoms with van der Waals surface area (Å²) in [5.74, 6) is -0.688. The van der Waals surface area contributed by atoms with Gasteiger partial charge in [0, 0.05) is 11.3 Å². The summed E-state index contributed by atoms with van der Waals surface area (Å²) in [6.45, 7) is 4.14. The molecule has 1 N–H and O–H groups in total. The molecule has 0 spiro atoms. The van der Waals surface area contributed by atoms with E-state index in [0.717, 1.165) is 16.7 Å². The maximum atomic E-state index is 13.3. The zero-order valence-corrected chi connectivity index (χ0v) is 20.0. The van der Waals surface area contributed by atoms with Crippen LogP contribution in [0.4, 0.5) is 5.69 Å². The van der Waals surface area contributed by atoms with Gasteiger partial charge in [-0.3, -0.25) is 14.5 Å². The van der Waals surface area contributed by atoms with Crippen LogP contribution in [0, 0.1) is 13.8 Å². The predicted octanol–water partition coefficient (Wildman–Crippen LogP) is 6.10. The van der Waals surface area contributed by atoms with E-state index in [0.29, 0.717) is 29.4 Å². The van der Waals surface area contributed by atoms with E-state index < -0.39 is 17.7 Å². The number of ketones is 1. The van der Waals surface area contributed by atoms with Crippen LogP contribution in [0.25, 0.3) is 5.76 Å². The van der Waals surface area contributed by atoms with Crippen LogP contribution in [0.5, 0.6) is 5.75 Å². The van der Waals surface area contributed by atoms with Gasteiger partial charge in [-0.2, -0.15) is 0 Å². The molecule has 5 rings (SSSR count). The highest BCUT2D eigenvalue weighted by atomic mass is 16.5. The van der Waals surface area contributed by atoms with Gasteiger partial charge < -0.3 is 14.3 Å². The molecule has 0 aliphatic carbocycles. The molecule has 1 aliphatic rings. The molecule has 1 unspecified atom stereocenters. The Labute approximate surface area is 209 Å². The van der Waals surface area contributed by atoms with Crippen molar-refractivity contribution in [2.24, 2.45) is 0 Å². The molecular weight excluding hydrogens is 454 g/mol. The van der Waals surface area contributed by atoms with E-state index in [1.165, 1.54) is 11.2 Å². The molecular formula is C30H25NO5. The lowest BCUT2D eigenvalue weighted by atomic mass is 9.98. The smallest absolute Gasteiger partial charge is 0.300 e. The van der Waals surface area contributed by atoms with Gasteiger partial charge in [-0.15, -0.1) is 0 Å². The van der Waals surface area contributed by atoms with Crippen LogP contribution in [0.1, 0.15) is 34.1 Å². The van der Waals surface area contributed by atoms with Crippen molar-refractivity contribution in [1.82, 2.24) is 0 Å². The average molecular weight is 480 g/mol. The highest BCUT2D eigenvalue weighted by molar-refractivity contribution is 6.51. The lowest BCUT2D eigenvalue weighted by molar-refractivity contribution is -0.132. The summed E-state index contributed by atoms with van der Waals surface area (Å²) in [7, 11) is 0. The number of aliphatic hydroxyl groups is 1. The third kappa shape index (κ3) is 4.18. The van der Waals surface area contributed by atoms with Crippen LogP contribution >= 0.6 is 0 Å². The van der Waals surface area contributed by atoms with Gasteiger partial charge in [-0.1, -0.05) is 48.5 Å². The molecule has 1 aromatic heterocycles. The molecule has 1 fully saturated rings. The van der Waals surface area contributed by atoms with Gasteiger partial charge in [0.1, 0.15) is 29.9 Å². The first kappa shape index (κ1) is 23.2. The number of carbonyl (C=O) groups excluding carboxylic acids is 2. The van der Waals surface area contributed by atoms with E-state index in [1.54, 1.807) is 42.5 Å². The number of hydrogen-bond donors (Lipinski definition) is 1. The summed E-state index contributed by atoms with van der Waals surface area (Å²) >= 11 is 0. The third-order valence-corrected chi connectivity index (χ3v) is 6.32. The highest BCUT2D eigenvalue weighted by Gasteiger charge is 2.48. The first-order chi connectivity index (χ1) is 17.5. The standard InChI is InChI=1S/C30H25NO5/c1-19-9-6-7-12-23(19)31-27(25-13-8-16-35-25)26(29(33)30(31)34)28(32)22-14-15-24(20(2)17-22)36-18-21-10-4-3-5-11-21/h3-17,27,32H,18H2,1-2H3/b28-26-. The zero-order chi connectivity index (χ0) is 25.2. The Morgan fingerprint density at radius 2 is 1.67 bits per heavy atom. The van der Waals surface area contributed by atoms with Crippen molar-refractivity contribution >= 4 is 23.1 Å². The van der Waals surface area contributed by atoms with Crippen molar-refractivity contribution in [2.45, 2.75) is 26.5 Å². The zero-order valence-electron chi connectivity index (χ0n) is 20.0. The van der Waals surface area contributed by atoms with Gasteiger partial charge in [0.2, 0.25) is 0 Å². The van der Waals surface area contributed by atoms with Crippen molar-refractivity contribution in [2.75, 3.05) is 4.90 Å². The van der Waals surface area contributed by atoms with E-state index in [9.17, 15) is 14.7 Å². The summed E-state index contributed by atoms with van der Waals surface area (Å²) in [6, 6.07) is 24.8. The molecule has 4 aromatic rings. The molecule has 6 heteroatoms. The molecule has 36 heavy (non-hydrogen) atoms. The number of ether oxygens (including phenoxy) is 1. The highest BCUT2D eigenvalue weighted by Crippen LogP contribution is 2.43. The molecule has 1 aliphatic heterocycles. The fourth-order valence-electron chi connectivity index (χ4n) is 4.48. The van der Waals surface area contributed by atoms with E-state index in [4.69, 9.17) is 9.15 Å². The Balaban J connectivity index is 1.54. The minimum absolute atomic E-state index is 0.0180. The third-order valence-electron chi connectivity index (χ3n) is 6.32. The number of anilines is 1. The van der Waals surface area contributed by atoms with Gasteiger partial charge >= 0.3 is 0 Å². The molecule has 0 radical (unpaired) electrons. The van der Waals surface area contributed by atoms with Crippen LogP contribution in [0.3, 0.4) is 0 Å². The Kier molecular flexibility index (Phi) is 6.17. The fraction of sp³-hybridized carbons (Fsp3) is 0.133. The van der Waals surface area contributed by atoms with Crippen molar-refractivity contribution < 1.29 is 23.8 Å². The molecule has 2 heterocycles. The minimum atomic E-state index is -0.893. The summed E-state index contributed by atoms with van der Waals surface area (Å²) in [5, 5.41) is 11.3. The van der Waals surface area contributed by atoms with Crippen LogP contribution in [0.15, 0.2) is 101 Å². The second-order valence-corrected chi connectivity index (χ2v) is 8.73. The minimum Gasteiger partial charge on any atom is -0.507 e. The quantitative estimate of drug-likeness (QED) is 0.205. The molecule has 0 saturated carbocycles. The first-order valence-electron chi connectivity index (χ1n) is 11.6. The van der Waals surface area contributed by atoms with E-state index in [2.05, 4.69) is 0 Å². The number of para-hydroxylation sites is 1. The number of hydrogen-bond acceptors (Lipinski definition) is 5. The summed E-state index contributed by atoms with van der Waals surface area (Å²) < 4.78 is 11.6. The Morgan fingerprint density at radius 1 is 0.917 bits per heavy atom. The summed E-state index contributed by atoms with van der Waals surface area (Å²) in [5.41, 5.74) is 3.64. The largest absolute Gasteiger partial charge is 0.507 e. The maximum Gasteiger partial charge on any atom is 0.300 e. The monoisotopic (exact) mass is 479 g/mol. The number of aliphatic hydroxyl groups excluding tert-OH is 1. The topological polar surface area (TPSA) is 80.0 Å². The van der Waals surface area contributed by atoms with E-state index in [-0.39, 0.29) is 11.3 Å². The van der Waals surface area contributed by atoms with Gasteiger partial charge in [-0.25, -0.2) is 0 Å². The Morgan fingerprint density at radius 3 is 2.36 bits per heavy atom. The summed E-state index contributed by atoms with van der Waals surface area (Å²) in [4.78, 5) is 27.9. The summed E-state index contributed by atoms with van der Waals surface area (Å²) in [6.07, 6.45) is 1.48. The number of furan rings is 1. The van der Waals surface area contributed by atoms with Crippen molar-refractivity contribution in [3.8, 4) is 5.75 Å². The van der Waals surface area contributed by atoms with Crippen LogP contribution in [-0.2, 0) is 16.2 Å². The number of carbonyl (C=O) groups is 2. The van der Waals surface area contributed by atoms with Gasteiger partial charge in [-0.05, 0) is 66.9 Å². The van der Waals surface area contributed by atoms with Gasteiger partial charge in [0.05, 0.1) is 11.8 Å². The lowest BCUT2D eigenvalue weighted by Gasteiger charge is -2.24. The normalized spacial score (nSPS) is 16.9. The molecule has 1 atom stereocenters. The van der Waals surface area contributed by atoms with Gasteiger partial charge in [0.15, 0.2) is 0 Å². The van der Waals surface area contributed by atoms with Crippen molar-refractivity contribution in [3.63, 3.8) is 0 Å². The number of aryl methyl sites for hydroxylation is 2. The number of Topliss-reactive ketones (excluding diaryl/α,β-unsaturated/α-hetero) is 1. The number of rotatable bonds is 6. The Hall–Kier alpha value is -4.58. The van der Waals surface area contributed by atoms with E-state index in [1.807, 2.05) is 56.3 Å². The number of benzene rings is 3. The van der Waals surface area contributed by atoms with Crippen molar-refractivity contribution in [1.29, 1.82) is 0 Å². The fourth-order valence-corrected chi connectivity index (χ4v) is 4.48. The molecule has 6 nitrogen and oxygen atoms in total. The maximum absolute atomic E-state index is 13.3. The average Bonchev–Trinajstić information content (AvgIpc) is 3.51. The van der Waals surface area contributed by atoms with Gasteiger partial charge in [0.25, 0.3) is 11.7 Å². The molecule has 1 saturated heterocycles. The van der Waals surface area contributed by atoms with Crippen LogP contribution < -0.4 is 9.64 Å². The molecule has 1 amide bonds. The second kappa shape index (κ2) is 9.58. The van der Waals surface area contributed by atoms with E-state index >= 15 is 0 Å². The lowest BCUT2D eigenvalue weighted by Crippen LogP contribution is -2.29. The molecule has 0 bridgehead atoms. The number of amides is 1.